The number of nitrogens with one attached hydrogen (secondary N) is 2. The van der Waals surface area contributed by atoms with Gasteiger partial charge in [0, 0.05) is 18.2 Å². The van der Waals surface area contributed by atoms with Gasteiger partial charge < -0.3 is 10.6 Å². The molecule has 1 aromatic heterocycles. The van der Waals surface area contributed by atoms with Gasteiger partial charge in [0.25, 0.3) is 5.56 Å². The molecule has 3 rings (SSSR count). The quantitative estimate of drug-likeness (QED) is 0.712. The molecular weight excluding hydrogens is 363 g/mol. The normalized spacial score (nSPS) is 10.4. The number of benzene rings is 2. The SMILES string of the molecule is CC(=O)Nc1cc(-c2ccccc2)nn(CC(=O)Nc2cccc(F)c2)c1=O. The van der Waals surface area contributed by atoms with Gasteiger partial charge in [0.1, 0.15) is 18.0 Å². The van der Waals surface area contributed by atoms with Crippen LogP contribution in [0, 0.1) is 5.82 Å². The Bertz CT molecular complexity index is 1080. The van der Waals surface area contributed by atoms with Gasteiger partial charge in [-0.3, -0.25) is 14.4 Å². The number of aromatic nitrogens is 2. The number of hydrogen-bond donors (Lipinski definition) is 2. The lowest BCUT2D eigenvalue weighted by atomic mass is 10.1. The van der Waals surface area contributed by atoms with Crippen LogP contribution in [0.25, 0.3) is 11.3 Å². The van der Waals surface area contributed by atoms with Crippen molar-refractivity contribution in [2.45, 2.75) is 13.5 Å². The van der Waals surface area contributed by atoms with Crippen LogP contribution in [0.4, 0.5) is 15.8 Å². The lowest BCUT2D eigenvalue weighted by Gasteiger charge is -2.11. The van der Waals surface area contributed by atoms with E-state index in [2.05, 4.69) is 15.7 Å². The Morgan fingerprint density at radius 2 is 1.79 bits per heavy atom. The fourth-order valence-corrected chi connectivity index (χ4v) is 2.58. The van der Waals surface area contributed by atoms with Crippen molar-refractivity contribution in [2.75, 3.05) is 10.6 Å². The van der Waals surface area contributed by atoms with E-state index in [4.69, 9.17) is 0 Å². The maximum Gasteiger partial charge on any atom is 0.291 e. The Morgan fingerprint density at radius 1 is 1.04 bits per heavy atom. The third-order valence-corrected chi connectivity index (χ3v) is 3.76. The summed E-state index contributed by atoms with van der Waals surface area (Å²) < 4.78 is 14.2. The van der Waals surface area contributed by atoms with Crippen molar-refractivity contribution in [1.29, 1.82) is 0 Å². The highest BCUT2D eigenvalue weighted by Gasteiger charge is 2.14. The summed E-state index contributed by atoms with van der Waals surface area (Å²) in [4.78, 5) is 36.3. The maximum atomic E-state index is 13.3. The minimum atomic E-state index is -0.621. The fraction of sp³-hybridized carbons (Fsp3) is 0.100. The molecule has 0 spiro atoms. The Hall–Kier alpha value is -3.81. The Morgan fingerprint density at radius 3 is 2.46 bits per heavy atom. The largest absolute Gasteiger partial charge is 0.324 e. The molecule has 0 bridgehead atoms. The lowest BCUT2D eigenvalue weighted by molar-refractivity contribution is -0.117. The van der Waals surface area contributed by atoms with Crippen LogP contribution in [0.1, 0.15) is 6.92 Å². The maximum absolute atomic E-state index is 13.3. The summed E-state index contributed by atoms with van der Waals surface area (Å²) in [5.74, 6) is -1.47. The predicted octanol–water partition coefficient (Wildman–Crippen LogP) is 2.65. The second kappa shape index (κ2) is 8.26. The van der Waals surface area contributed by atoms with E-state index in [-0.39, 0.29) is 11.4 Å². The molecule has 2 aromatic carbocycles. The molecule has 0 aliphatic rings. The van der Waals surface area contributed by atoms with Crippen LogP contribution in [-0.2, 0) is 16.1 Å². The zero-order valence-electron chi connectivity index (χ0n) is 15.0. The highest BCUT2D eigenvalue weighted by molar-refractivity contribution is 5.91. The summed E-state index contributed by atoms with van der Waals surface area (Å²) in [5, 5.41) is 9.20. The summed E-state index contributed by atoms with van der Waals surface area (Å²) in [6.45, 7) is 0.881. The van der Waals surface area contributed by atoms with Gasteiger partial charge in [0.05, 0.1) is 5.69 Å². The van der Waals surface area contributed by atoms with Crippen molar-refractivity contribution >= 4 is 23.2 Å². The van der Waals surface area contributed by atoms with Crippen LogP contribution in [0.3, 0.4) is 0 Å². The van der Waals surface area contributed by atoms with Crippen LogP contribution >= 0.6 is 0 Å². The average Bonchev–Trinajstić information content (AvgIpc) is 2.65. The predicted molar refractivity (Wildman–Crippen MR) is 103 cm³/mol. The van der Waals surface area contributed by atoms with Gasteiger partial charge in [0.15, 0.2) is 0 Å². The van der Waals surface area contributed by atoms with Crippen LogP contribution in [0.5, 0.6) is 0 Å². The first-order valence-electron chi connectivity index (χ1n) is 8.43. The number of halogens is 1. The monoisotopic (exact) mass is 380 g/mol. The zero-order valence-corrected chi connectivity index (χ0v) is 15.0. The van der Waals surface area contributed by atoms with E-state index in [0.717, 1.165) is 10.7 Å². The first-order valence-corrected chi connectivity index (χ1v) is 8.43. The lowest BCUT2D eigenvalue weighted by Crippen LogP contribution is -2.32. The highest BCUT2D eigenvalue weighted by atomic mass is 19.1. The van der Waals surface area contributed by atoms with E-state index in [0.29, 0.717) is 11.3 Å². The molecule has 0 unspecified atom stereocenters. The van der Waals surface area contributed by atoms with Gasteiger partial charge in [-0.1, -0.05) is 36.4 Å². The number of anilines is 2. The van der Waals surface area contributed by atoms with Crippen molar-refractivity contribution in [3.8, 4) is 11.3 Å². The summed E-state index contributed by atoms with van der Waals surface area (Å²) in [6, 6.07) is 15.9. The van der Waals surface area contributed by atoms with Gasteiger partial charge in [-0.05, 0) is 24.3 Å². The molecule has 2 N–H and O–H groups in total. The third kappa shape index (κ3) is 4.67. The number of hydrogen-bond acceptors (Lipinski definition) is 4. The molecule has 7 nitrogen and oxygen atoms in total. The smallest absolute Gasteiger partial charge is 0.291 e. The summed E-state index contributed by atoms with van der Waals surface area (Å²) in [5.41, 5.74) is 0.791. The molecule has 0 fully saturated rings. The minimum Gasteiger partial charge on any atom is -0.324 e. The van der Waals surface area contributed by atoms with Crippen molar-refractivity contribution in [2.24, 2.45) is 0 Å². The number of carbonyl (C=O) groups is 2. The summed E-state index contributed by atoms with van der Waals surface area (Å²) in [7, 11) is 0. The Balaban J connectivity index is 1.93. The van der Waals surface area contributed by atoms with Crippen LogP contribution in [-0.4, -0.2) is 21.6 Å². The molecule has 2 amide bonds. The van der Waals surface area contributed by atoms with E-state index >= 15 is 0 Å². The van der Waals surface area contributed by atoms with E-state index in [1.54, 1.807) is 24.3 Å². The van der Waals surface area contributed by atoms with Gasteiger partial charge in [0.2, 0.25) is 11.8 Å². The zero-order chi connectivity index (χ0) is 20.1. The molecule has 0 saturated heterocycles. The molecule has 28 heavy (non-hydrogen) atoms. The Labute approximate surface area is 159 Å². The second-order valence-corrected chi connectivity index (χ2v) is 6.01. The van der Waals surface area contributed by atoms with Gasteiger partial charge >= 0.3 is 0 Å². The number of amides is 2. The number of nitrogens with zero attached hydrogens (tertiary/aromatic N) is 2. The third-order valence-electron chi connectivity index (χ3n) is 3.76. The molecule has 0 aliphatic heterocycles. The molecule has 8 heteroatoms. The first-order chi connectivity index (χ1) is 13.4. The molecule has 1 heterocycles. The first kappa shape index (κ1) is 19.0. The molecule has 0 radical (unpaired) electrons. The van der Waals surface area contributed by atoms with Crippen LogP contribution in [0.15, 0.2) is 65.5 Å². The fourth-order valence-electron chi connectivity index (χ4n) is 2.58. The molecule has 3 aromatic rings. The van der Waals surface area contributed by atoms with E-state index in [9.17, 15) is 18.8 Å². The second-order valence-electron chi connectivity index (χ2n) is 6.01. The van der Waals surface area contributed by atoms with Gasteiger partial charge in [-0.25, -0.2) is 9.07 Å². The van der Waals surface area contributed by atoms with Crippen molar-refractivity contribution in [1.82, 2.24) is 9.78 Å². The molecular formula is C20H17FN4O3. The summed E-state index contributed by atoms with van der Waals surface area (Å²) in [6.07, 6.45) is 0. The van der Waals surface area contributed by atoms with Gasteiger partial charge in [-0.15, -0.1) is 0 Å². The van der Waals surface area contributed by atoms with Crippen molar-refractivity contribution in [3.05, 3.63) is 76.8 Å². The van der Waals surface area contributed by atoms with Crippen LogP contribution < -0.4 is 16.2 Å². The minimum absolute atomic E-state index is 0.0138. The van der Waals surface area contributed by atoms with Crippen molar-refractivity contribution < 1.29 is 14.0 Å². The average molecular weight is 380 g/mol. The topological polar surface area (TPSA) is 93.1 Å². The van der Waals surface area contributed by atoms with E-state index in [1.807, 2.05) is 6.07 Å². The van der Waals surface area contributed by atoms with Crippen LogP contribution in [0.2, 0.25) is 0 Å². The Kier molecular flexibility index (Phi) is 5.59. The van der Waals surface area contributed by atoms with Crippen molar-refractivity contribution in [3.63, 3.8) is 0 Å². The highest BCUT2D eigenvalue weighted by Crippen LogP contribution is 2.18. The number of rotatable bonds is 5. The molecule has 142 valence electrons. The van der Waals surface area contributed by atoms with E-state index < -0.39 is 29.7 Å². The van der Waals surface area contributed by atoms with Gasteiger partial charge in [-0.2, -0.15) is 5.10 Å². The number of carbonyl (C=O) groups excluding carboxylic acids is 2. The molecule has 0 aliphatic carbocycles. The molecule has 0 atom stereocenters. The van der Waals surface area contributed by atoms with E-state index in [1.165, 1.54) is 31.2 Å². The molecule has 0 saturated carbocycles. The standard InChI is InChI=1S/C20H17FN4O3/c1-13(26)22-18-11-17(14-6-3-2-4-7-14)24-25(20(18)28)12-19(27)23-16-9-5-8-15(21)10-16/h2-11H,12H2,1H3,(H,22,26)(H,23,27). The summed E-state index contributed by atoms with van der Waals surface area (Å²) >= 11 is 0.